The van der Waals surface area contributed by atoms with Gasteiger partial charge in [0.1, 0.15) is 0 Å². The van der Waals surface area contributed by atoms with Gasteiger partial charge in [0, 0.05) is 17.8 Å². The fourth-order valence-corrected chi connectivity index (χ4v) is 3.00. The van der Waals surface area contributed by atoms with Crippen LogP contribution in [0.3, 0.4) is 0 Å². The third kappa shape index (κ3) is 1.36. The SMILES string of the molecule is Cn1c(=O)c2ccccc2c2c3ccccc3ccc21. The highest BCUT2D eigenvalue weighted by atomic mass is 16.1. The molecule has 0 spiro atoms. The third-order valence-electron chi connectivity index (χ3n) is 4.00. The van der Waals surface area contributed by atoms with Gasteiger partial charge in [0.15, 0.2) is 0 Å². The first-order valence-corrected chi connectivity index (χ1v) is 6.66. The average molecular weight is 259 g/mol. The van der Waals surface area contributed by atoms with Crippen molar-refractivity contribution >= 4 is 32.4 Å². The van der Waals surface area contributed by atoms with Gasteiger partial charge in [0.2, 0.25) is 0 Å². The van der Waals surface area contributed by atoms with Crippen molar-refractivity contribution in [2.24, 2.45) is 7.05 Å². The molecule has 0 saturated carbocycles. The molecule has 0 amide bonds. The van der Waals surface area contributed by atoms with Crippen LogP contribution < -0.4 is 5.56 Å². The Morgan fingerprint density at radius 1 is 0.750 bits per heavy atom. The van der Waals surface area contributed by atoms with Crippen molar-refractivity contribution < 1.29 is 0 Å². The molecule has 0 radical (unpaired) electrons. The summed E-state index contributed by atoms with van der Waals surface area (Å²) in [4.78, 5) is 12.4. The molecule has 0 aliphatic carbocycles. The Kier molecular flexibility index (Phi) is 2.21. The molecule has 1 aromatic heterocycles. The lowest BCUT2D eigenvalue weighted by atomic mass is 10.00. The molecule has 0 saturated heterocycles. The molecule has 0 bridgehead atoms. The minimum atomic E-state index is 0.0587. The van der Waals surface area contributed by atoms with Gasteiger partial charge in [0.25, 0.3) is 5.56 Å². The first kappa shape index (κ1) is 11.2. The number of hydrogen-bond acceptors (Lipinski definition) is 1. The van der Waals surface area contributed by atoms with E-state index in [0.29, 0.717) is 0 Å². The third-order valence-corrected chi connectivity index (χ3v) is 4.00. The van der Waals surface area contributed by atoms with Gasteiger partial charge in [-0.05, 0) is 28.3 Å². The van der Waals surface area contributed by atoms with Crippen LogP contribution in [0.15, 0.2) is 65.5 Å². The number of fused-ring (bicyclic) bond motifs is 5. The minimum Gasteiger partial charge on any atom is -0.311 e. The van der Waals surface area contributed by atoms with Crippen molar-refractivity contribution in [3.05, 3.63) is 71.0 Å². The lowest BCUT2D eigenvalue weighted by molar-refractivity contribution is 0.919. The highest BCUT2D eigenvalue weighted by molar-refractivity contribution is 6.18. The zero-order valence-corrected chi connectivity index (χ0v) is 11.1. The van der Waals surface area contributed by atoms with Crippen molar-refractivity contribution in [3.63, 3.8) is 0 Å². The maximum Gasteiger partial charge on any atom is 0.258 e. The minimum absolute atomic E-state index is 0.0587. The Bertz CT molecular complexity index is 1030. The Morgan fingerprint density at radius 2 is 1.40 bits per heavy atom. The van der Waals surface area contributed by atoms with Crippen LogP contribution in [-0.2, 0) is 7.05 Å². The zero-order valence-electron chi connectivity index (χ0n) is 11.1. The molecular weight excluding hydrogens is 246 g/mol. The summed E-state index contributed by atoms with van der Waals surface area (Å²) in [6, 6.07) is 20.3. The predicted octanol–water partition coefficient (Wildman–Crippen LogP) is 3.84. The lowest BCUT2D eigenvalue weighted by Gasteiger charge is -2.11. The van der Waals surface area contributed by atoms with Gasteiger partial charge in [-0.15, -0.1) is 0 Å². The van der Waals surface area contributed by atoms with Crippen molar-refractivity contribution in [1.29, 1.82) is 0 Å². The number of nitrogens with zero attached hydrogens (tertiary/aromatic N) is 1. The first-order chi connectivity index (χ1) is 9.77. The molecule has 0 aliphatic heterocycles. The lowest BCUT2D eigenvalue weighted by Crippen LogP contribution is -2.17. The summed E-state index contributed by atoms with van der Waals surface area (Å²) >= 11 is 0. The summed E-state index contributed by atoms with van der Waals surface area (Å²) in [5.41, 5.74) is 1.04. The van der Waals surface area contributed by atoms with Gasteiger partial charge in [-0.1, -0.05) is 48.5 Å². The fraction of sp³-hybridized carbons (Fsp3) is 0.0556. The van der Waals surface area contributed by atoms with Gasteiger partial charge in [-0.25, -0.2) is 0 Å². The van der Waals surface area contributed by atoms with E-state index in [2.05, 4.69) is 18.2 Å². The summed E-state index contributed by atoms with van der Waals surface area (Å²) in [7, 11) is 1.84. The van der Waals surface area contributed by atoms with Gasteiger partial charge in [-0.2, -0.15) is 0 Å². The number of aryl methyl sites for hydroxylation is 1. The molecule has 0 atom stereocenters. The van der Waals surface area contributed by atoms with E-state index in [9.17, 15) is 4.79 Å². The molecule has 0 N–H and O–H groups in total. The second-order valence-electron chi connectivity index (χ2n) is 5.09. The summed E-state index contributed by atoms with van der Waals surface area (Å²) < 4.78 is 1.74. The summed E-state index contributed by atoms with van der Waals surface area (Å²) in [5.74, 6) is 0. The Hall–Kier alpha value is -2.61. The van der Waals surface area contributed by atoms with Gasteiger partial charge >= 0.3 is 0 Å². The number of hydrogen-bond donors (Lipinski definition) is 0. The molecule has 96 valence electrons. The van der Waals surface area contributed by atoms with E-state index in [1.807, 2.05) is 49.5 Å². The van der Waals surface area contributed by atoms with Crippen molar-refractivity contribution in [2.45, 2.75) is 0 Å². The van der Waals surface area contributed by atoms with Crippen LogP contribution >= 0.6 is 0 Å². The Balaban J connectivity index is 2.46. The van der Waals surface area contributed by atoms with E-state index in [-0.39, 0.29) is 5.56 Å². The van der Waals surface area contributed by atoms with E-state index in [1.165, 1.54) is 10.8 Å². The first-order valence-electron chi connectivity index (χ1n) is 6.66. The number of pyridine rings is 1. The number of rotatable bonds is 0. The fourth-order valence-electron chi connectivity index (χ4n) is 3.00. The highest BCUT2D eigenvalue weighted by Gasteiger charge is 2.10. The number of benzene rings is 3. The van der Waals surface area contributed by atoms with Gasteiger partial charge < -0.3 is 4.57 Å². The second kappa shape index (κ2) is 3.94. The molecular formula is C18H13NO. The summed E-state index contributed by atoms with van der Waals surface area (Å²) in [6.45, 7) is 0. The molecule has 2 heteroatoms. The Morgan fingerprint density at radius 3 is 2.20 bits per heavy atom. The highest BCUT2D eigenvalue weighted by Crippen LogP contribution is 2.29. The van der Waals surface area contributed by atoms with Crippen LogP contribution in [-0.4, -0.2) is 4.57 Å². The molecule has 0 aliphatic rings. The van der Waals surface area contributed by atoms with Crippen LogP contribution in [0, 0.1) is 0 Å². The standard InChI is InChI=1S/C18H13NO/c1-19-16-11-10-12-6-2-3-7-13(12)17(16)14-8-4-5-9-15(14)18(19)20/h2-11H,1H3. The van der Waals surface area contributed by atoms with E-state index in [4.69, 9.17) is 0 Å². The average Bonchev–Trinajstić information content (AvgIpc) is 2.51. The maximum atomic E-state index is 12.4. The monoisotopic (exact) mass is 259 g/mol. The quantitative estimate of drug-likeness (QED) is 0.440. The van der Waals surface area contributed by atoms with E-state index < -0.39 is 0 Å². The predicted molar refractivity (Wildman–Crippen MR) is 84.2 cm³/mol. The van der Waals surface area contributed by atoms with Crippen LogP contribution in [0.25, 0.3) is 32.4 Å². The largest absolute Gasteiger partial charge is 0.311 e. The van der Waals surface area contributed by atoms with Crippen LogP contribution in [0.5, 0.6) is 0 Å². The van der Waals surface area contributed by atoms with E-state index >= 15 is 0 Å². The summed E-state index contributed by atoms with van der Waals surface area (Å²) in [6.07, 6.45) is 0. The smallest absolute Gasteiger partial charge is 0.258 e. The zero-order chi connectivity index (χ0) is 13.7. The molecule has 3 aromatic carbocycles. The molecule has 0 fully saturated rings. The molecule has 20 heavy (non-hydrogen) atoms. The molecule has 0 unspecified atom stereocenters. The van der Waals surface area contributed by atoms with Crippen molar-refractivity contribution in [3.8, 4) is 0 Å². The molecule has 1 heterocycles. The van der Waals surface area contributed by atoms with E-state index in [0.717, 1.165) is 21.7 Å². The van der Waals surface area contributed by atoms with Gasteiger partial charge in [0.05, 0.1) is 5.52 Å². The van der Waals surface area contributed by atoms with Gasteiger partial charge in [-0.3, -0.25) is 4.79 Å². The molecule has 4 rings (SSSR count). The maximum absolute atomic E-state index is 12.4. The van der Waals surface area contributed by atoms with Crippen LogP contribution in [0.4, 0.5) is 0 Å². The molecule has 2 nitrogen and oxygen atoms in total. The van der Waals surface area contributed by atoms with Crippen LogP contribution in [0.1, 0.15) is 0 Å². The van der Waals surface area contributed by atoms with E-state index in [1.54, 1.807) is 4.57 Å². The van der Waals surface area contributed by atoms with Crippen LogP contribution in [0.2, 0.25) is 0 Å². The topological polar surface area (TPSA) is 22.0 Å². The van der Waals surface area contributed by atoms with Crippen molar-refractivity contribution in [1.82, 2.24) is 4.57 Å². The summed E-state index contributed by atoms with van der Waals surface area (Å²) in [5, 5.41) is 5.35. The number of aromatic nitrogens is 1. The van der Waals surface area contributed by atoms with Crippen molar-refractivity contribution in [2.75, 3.05) is 0 Å². The second-order valence-corrected chi connectivity index (χ2v) is 5.09. The molecule has 4 aromatic rings. The normalized spacial score (nSPS) is 11.4. The Labute approximate surface area is 115 Å².